The SMILES string of the molecule is COc1c(C[C@@H](C)OC(C)=O)c2c3c(C[C@@H](C)OC(C)=O)c(OC)c(=O)c4c(OC)cc(OC)c(c5c(OC)cc(OC)c(c1=O)c52)c43. The zero-order chi connectivity index (χ0) is 35.2. The van der Waals surface area contributed by atoms with E-state index in [1.165, 1.54) is 56.5 Å². The molecule has 0 saturated heterocycles. The lowest BCUT2D eigenvalue weighted by Crippen LogP contribution is -2.21. The van der Waals surface area contributed by atoms with Crippen LogP contribution in [0, 0.1) is 0 Å². The van der Waals surface area contributed by atoms with Gasteiger partial charge in [-0.1, -0.05) is 0 Å². The summed E-state index contributed by atoms with van der Waals surface area (Å²) in [5.74, 6) is 0.141. The highest BCUT2D eigenvalue weighted by Crippen LogP contribution is 2.53. The van der Waals surface area contributed by atoms with Crippen LogP contribution in [0.3, 0.4) is 0 Å². The second kappa shape index (κ2) is 13.1. The van der Waals surface area contributed by atoms with Crippen molar-refractivity contribution in [2.24, 2.45) is 0 Å². The van der Waals surface area contributed by atoms with E-state index in [1.54, 1.807) is 26.0 Å². The molecule has 0 N–H and O–H groups in total. The third-order valence-electron chi connectivity index (χ3n) is 8.53. The minimum atomic E-state index is -0.693. The van der Waals surface area contributed by atoms with Gasteiger partial charge in [0.1, 0.15) is 35.2 Å². The van der Waals surface area contributed by atoms with Crippen LogP contribution in [0.5, 0.6) is 34.5 Å². The molecule has 0 fully saturated rings. The number of methoxy groups -OCH3 is 6. The van der Waals surface area contributed by atoms with Gasteiger partial charge in [0.05, 0.1) is 53.4 Å². The monoisotopic (exact) mass is 662 g/mol. The molecular weight excluding hydrogens is 624 g/mol. The first kappa shape index (κ1) is 34.1. The fourth-order valence-corrected chi connectivity index (χ4v) is 6.99. The summed E-state index contributed by atoms with van der Waals surface area (Å²) < 4.78 is 46.1. The number of carbonyl (C=O) groups excluding carboxylic acids is 2. The van der Waals surface area contributed by atoms with Crippen LogP contribution in [0.15, 0.2) is 21.7 Å². The van der Waals surface area contributed by atoms with Gasteiger partial charge in [0.15, 0.2) is 11.5 Å². The molecule has 2 atom stereocenters. The Kier molecular flexibility index (Phi) is 9.30. The van der Waals surface area contributed by atoms with Crippen LogP contribution >= 0.6 is 0 Å². The number of esters is 2. The predicted molar refractivity (Wildman–Crippen MR) is 181 cm³/mol. The summed E-state index contributed by atoms with van der Waals surface area (Å²) in [5, 5.41) is 3.25. The van der Waals surface area contributed by atoms with E-state index < -0.39 is 35.0 Å². The number of hydrogen-bond donors (Lipinski definition) is 0. The van der Waals surface area contributed by atoms with Crippen molar-refractivity contribution in [1.82, 2.24) is 0 Å². The Hall–Kier alpha value is -5.26. The number of hydrogen-bond acceptors (Lipinski definition) is 12. The van der Waals surface area contributed by atoms with E-state index in [9.17, 15) is 19.2 Å². The Bertz CT molecular complexity index is 2030. The molecule has 0 spiro atoms. The van der Waals surface area contributed by atoms with Gasteiger partial charge in [-0.25, -0.2) is 0 Å². The van der Waals surface area contributed by atoms with Crippen LogP contribution in [0.2, 0.25) is 0 Å². The molecule has 254 valence electrons. The maximum absolute atomic E-state index is 14.4. The van der Waals surface area contributed by atoms with Gasteiger partial charge >= 0.3 is 11.9 Å². The molecule has 0 heterocycles. The number of benzene rings is 5. The minimum Gasteiger partial charge on any atom is -0.496 e. The van der Waals surface area contributed by atoms with Crippen LogP contribution in [0.25, 0.3) is 43.1 Å². The fourth-order valence-electron chi connectivity index (χ4n) is 6.99. The van der Waals surface area contributed by atoms with Gasteiger partial charge in [-0.2, -0.15) is 0 Å². The highest BCUT2D eigenvalue weighted by atomic mass is 16.5. The van der Waals surface area contributed by atoms with E-state index in [1.807, 2.05) is 0 Å². The summed E-state index contributed by atoms with van der Waals surface area (Å²) in [6.07, 6.45) is -1.27. The highest BCUT2D eigenvalue weighted by Gasteiger charge is 2.33. The van der Waals surface area contributed by atoms with Crippen LogP contribution in [-0.4, -0.2) is 66.8 Å². The van der Waals surface area contributed by atoms with E-state index in [0.29, 0.717) is 54.9 Å². The van der Waals surface area contributed by atoms with E-state index in [2.05, 4.69) is 0 Å². The van der Waals surface area contributed by atoms with Crippen LogP contribution in [-0.2, 0) is 31.9 Å². The standard InChI is InChI=1S/C36H38O12/c1-15(47-17(3)37)11-19-25-26-20(12-16(2)48-18(4)38)36(46-10)34(40)30-24(44-8)14-22(42-6)28(32(26)30)27-21(41-5)13-23(43-7)29(31(25)27)33(39)35(19)45-9/h13-16H,11-12H2,1-10H3/t15-,16-/m1/s1. The first-order valence-electron chi connectivity index (χ1n) is 15.2. The molecular formula is C36H38O12. The quantitative estimate of drug-likeness (QED) is 0.102. The molecule has 12 nitrogen and oxygen atoms in total. The van der Waals surface area contributed by atoms with Crippen molar-refractivity contribution in [1.29, 1.82) is 0 Å². The normalized spacial score (nSPS) is 12.7. The average molecular weight is 663 g/mol. The lowest BCUT2D eigenvalue weighted by atomic mass is 9.81. The first-order chi connectivity index (χ1) is 22.9. The second-order valence-corrected chi connectivity index (χ2v) is 11.5. The zero-order valence-electron chi connectivity index (χ0n) is 28.6. The highest BCUT2D eigenvalue weighted by molar-refractivity contribution is 6.38. The molecule has 12 heteroatoms. The predicted octanol–water partition coefficient (Wildman–Crippen LogP) is 4.94. The maximum atomic E-state index is 14.4. The molecule has 0 aliphatic heterocycles. The molecule has 5 rings (SSSR count). The summed E-state index contributed by atoms with van der Waals surface area (Å²) >= 11 is 0. The Morgan fingerprint density at radius 1 is 0.500 bits per heavy atom. The van der Waals surface area contributed by atoms with E-state index in [4.69, 9.17) is 37.9 Å². The summed E-state index contributed by atoms with van der Waals surface area (Å²) in [7, 11) is 8.64. The van der Waals surface area contributed by atoms with Crippen molar-refractivity contribution >= 4 is 55.0 Å². The molecule has 0 aliphatic rings. The summed E-state index contributed by atoms with van der Waals surface area (Å²) in [5.41, 5.74) is -0.0971. The smallest absolute Gasteiger partial charge is 0.302 e. The number of rotatable bonds is 12. The number of carbonyl (C=O) groups is 2. The van der Waals surface area contributed by atoms with Gasteiger partial charge in [-0.3, -0.25) is 19.2 Å². The Morgan fingerprint density at radius 3 is 1.08 bits per heavy atom. The van der Waals surface area contributed by atoms with Crippen molar-refractivity contribution in [3.8, 4) is 34.5 Å². The molecule has 48 heavy (non-hydrogen) atoms. The molecule has 0 saturated carbocycles. The topological polar surface area (TPSA) is 142 Å². The third-order valence-corrected chi connectivity index (χ3v) is 8.53. The van der Waals surface area contributed by atoms with E-state index >= 15 is 0 Å². The van der Waals surface area contributed by atoms with Crippen LogP contribution in [0.1, 0.15) is 38.8 Å². The molecule has 0 bridgehead atoms. The van der Waals surface area contributed by atoms with Gasteiger partial charge in [-0.15, -0.1) is 0 Å². The largest absolute Gasteiger partial charge is 0.496 e. The lowest BCUT2D eigenvalue weighted by Gasteiger charge is -2.26. The first-order valence-corrected chi connectivity index (χ1v) is 15.2. The van der Waals surface area contributed by atoms with Crippen molar-refractivity contribution < 1.29 is 47.5 Å². The maximum Gasteiger partial charge on any atom is 0.302 e. The molecule has 5 aromatic rings. The Morgan fingerprint density at radius 2 is 0.812 bits per heavy atom. The molecule has 0 radical (unpaired) electrons. The molecule has 0 unspecified atom stereocenters. The second-order valence-electron chi connectivity index (χ2n) is 11.5. The number of fused-ring (bicyclic) bond motifs is 2. The lowest BCUT2D eigenvalue weighted by molar-refractivity contribution is -0.146. The minimum absolute atomic E-state index is 0.00142. The van der Waals surface area contributed by atoms with Crippen molar-refractivity contribution in [2.75, 3.05) is 42.7 Å². The Labute approximate surface area is 276 Å². The van der Waals surface area contributed by atoms with Gasteiger partial charge < -0.3 is 37.9 Å². The fraction of sp³-hybridized carbons (Fsp3) is 0.389. The van der Waals surface area contributed by atoms with Crippen molar-refractivity contribution in [2.45, 2.75) is 52.7 Å². The van der Waals surface area contributed by atoms with Gasteiger partial charge in [0.25, 0.3) is 0 Å². The molecule has 0 amide bonds. The van der Waals surface area contributed by atoms with Crippen molar-refractivity contribution in [3.05, 3.63) is 43.7 Å². The van der Waals surface area contributed by atoms with Crippen LogP contribution in [0.4, 0.5) is 0 Å². The number of ether oxygens (including phenoxy) is 8. The Balaban J connectivity index is 2.28. The molecule has 5 aromatic carbocycles. The van der Waals surface area contributed by atoms with E-state index in [-0.39, 0.29) is 46.6 Å². The molecule has 0 aliphatic carbocycles. The third kappa shape index (κ3) is 5.25. The van der Waals surface area contributed by atoms with Gasteiger partial charge in [0, 0.05) is 71.5 Å². The van der Waals surface area contributed by atoms with Gasteiger partial charge in [0.2, 0.25) is 10.9 Å². The summed E-state index contributed by atoms with van der Waals surface area (Å²) in [4.78, 5) is 53.0. The van der Waals surface area contributed by atoms with Crippen molar-refractivity contribution in [3.63, 3.8) is 0 Å². The summed E-state index contributed by atoms with van der Waals surface area (Å²) in [6, 6.07) is 3.21. The zero-order valence-corrected chi connectivity index (χ0v) is 28.6. The van der Waals surface area contributed by atoms with E-state index in [0.717, 1.165) is 0 Å². The summed E-state index contributed by atoms with van der Waals surface area (Å²) in [6.45, 7) is 6.02. The van der Waals surface area contributed by atoms with Crippen LogP contribution < -0.4 is 39.3 Å². The van der Waals surface area contributed by atoms with Gasteiger partial charge in [-0.05, 0) is 24.6 Å². The molecule has 0 aromatic heterocycles. The average Bonchev–Trinajstić information content (AvgIpc) is 3.03.